The Morgan fingerprint density at radius 1 is 1.34 bits per heavy atom. The normalized spacial score (nSPS) is 20.0. The van der Waals surface area contributed by atoms with Crippen LogP contribution >= 0.6 is 7.75 Å². The summed E-state index contributed by atoms with van der Waals surface area (Å²) in [5, 5.41) is 11.6. The summed E-state index contributed by atoms with van der Waals surface area (Å²) in [6.07, 6.45) is 5.99. The summed E-state index contributed by atoms with van der Waals surface area (Å²) in [4.78, 5) is 23.9. The fraction of sp³-hybridized carbons (Fsp3) is 0.333. The molecule has 35 heavy (non-hydrogen) atoms. The highest BCUT2D eigenvalue weighted by molar-refractivity contribution is 7.52. The molecule has 3 aromatic rings. The lowest BCUT2D eigenvalue weighted by atomic mass is 10.1. The second kappa shape index (κ2) is 9.98. The third-order valence-electron chi connectivity index (χ3n) is 5.33. The molecule has 0 amide bonds. The molecule has 186 valence electrons. The van der Waals surface area contributed by atoms with Gasteiger partial charge in [-0.1, -0.05) is 12.2 Å². The summed E-state index contributed by atoms with van der Waals surface area (Å²) in [5.41, 5.74) is 6.76. The average Bonchev–Trinajstić information content (AvgIpc) is 3.45. The van der Waals surface area contributed by atoms with Crippen LogP contribution in [0.3, 0.4) is 0 Å². The number of methoxy groups -OCH3 is 1. The Kier molecular flexibility index (Phi) is 7.01. The molecule has 4 rings (SSSR count). The Balaban J connectivity index is 1.46. The predicted molar refractivity (Wildman–Crippen MR) is 123 cm³/mol. The van der Waals surface area contributed by atoms with Crippen LogP contribution in [0.4, 0.5) is 10.3 Å². The van der Waals surface area contributed by atoms with E-state index in [1.54, 1.807) is 6.33 Å². The molecule has 1 aliphatic carbocycles. The molecule has 14 heteroatoms. The number of aromatic nitrogens is 4. The van der Waals surface area contributed by atoms with Gasteiger partial charge in [-0.25, -0.2) is 13.9 Å². The summed E-state index contributed by atoms with van der Waals surface area (Å²) < 4.78 is 44.6. The van der Waals surface area contributed by atoms with Crippen molar-refractivity contribution in [2.75, 3.05) is 19.5 Å². The number of ether oxygens (including phenoxy) is 1. The average molecular weight is 506 g/mol. The van der Waals surface area contributed by atoms with Gasteiger partial charge in [0, 0.05) is 5.92 Å². The molecular weight excluding hydrogens is 482 g/mol. The number of aliphatic carboxylic acids is 1. The monoisotopic (exact) mass is 506 g/mol. The van der Waals surface area contributed by atoms with E-state index < -0.39 is 25.6 Å². The number of anilines is 1. The number of carbonyl (C=O) groups is 1. The lowest BCUT2D eigenvalue weighted by molar-refractivity contribution is -0.138. The molecule has 1 aliphatic rings. The summed E-state index contributed by atoms with van der Waals surface area (Å²) in [6.45, 7) is 1.28. The Labute approximate surface area is 199 Å². The summed E-state index contributed by atoms with van der Waals surface area (Å²) >= 11 is 0. The number of halogens is 1. The number of allylic oxidation sites excluding steroid dienone is 1. The van der Waals surface area contributed by atoms with Crippen LogP contribution in [0.1, 0.15) is 19.4 Å². The van der Waals surface area contributed by atoms with Crippen molar-refractivity contribution in [2.24, 2.45) is 5.92 Å². The number of imidazole rings is 1. The van der Waals surface area contributed by atoms with Gasteiger partial charge in [-0.3, -0.25) is 9.32 Å². The molecule has 4 N–H and O–H groups in total. The van der Waals surface area contributed by atoms with Crippen LogP contribution < -0.4 is 20.1 Å². The Morgan fingerprint density at radius 2 is 2.09 bits per heavy atom. The molecular formula is C21H24FN6O6P. The van der Waals surface area contributed by atoms with Crippen LogP contribution in [0.25, 0.3) is 11.2 Å². The van der Waals surface area contributed by atoms with E-state index in [-0.39, 0.29) is 36.1 Å². The standard InChI is InChI=1S/C21H24FN6O6P/c1-12(20(29)30)27-35(31,34-16-7-4-14(22)5-8-16)33-10-13-3-6-15(9-13)28-11-24-17-18(28)25-21(23)26-19(17)32-2/h3-8,11-13,15H,9-10H2,1-2H3,(H,27,31)(H,29,30)(H2,23,25,26)/t12?,13-,15+,35?/m1/s1. The van der Waals surface area contributed by atoms with Gasteiger partial charge in [0.25, 0.3) is 0 Å². The fourth-order valence-corrected chi connectivity index (χ4v) is 5.14. The van der Waals surface area contributed by atoms with Crippen molar-refractivity contribution in [3.8, 4) is 11.6 Å². The van der Waals surface area contributed by atoms with E-state index in [1.807, 2.05) is 16.7 Å². The van der Waals surface area contributed by atoms with Crippen LogP contribution in [-0.2, 0) is 13.9 Å². The molecule has 12 nitrogen and oxygen atoms in total. The molecule has 2 unspecified atom stereocenters. The summed E-state index contributed by atoms with van der Waals surface area (Å²) in [6, 6.07) is 3.45. The first kappa shape index (κ1) is 24.6. The van der Waals surface area contributed by atoms with E-state index in [0.717, 1.165) is 12.1 Å². The number of carboxylic acids is 1. The van der Waals surface area contributed by atoms with Crippen molar-refractivity contribution in [1.82, 2.24) is 24.6 Å². The third-order valence-corrected chi connectivity index (χ3v) is 6.97. The van der Waals surface area contributed by atoms with E-state index >= 15 is 0 Å². The second-order valence-corrected chi connectivity index (χ2v) is 9.58. The molecule has 2 heterocycles. The summed E-state index contributed by atoms with van der Waals surface area (Å²) in [7, 11) is -2.65. The zero-order chi connectivity index (χ0) is 25.2. The molecule has 0 bridgehead atoms. The van der Waals surface area contributed by atoms with Gasteiger partial charge >= 0.3 is 13.7 Å². The van der Waals surface area contributed by atoms with Crippen molar-refractivity contribution < 1.29 is 32.6 Å². The maximum Gasteiger partial charge on any atom is 0.459 e. The maximum absolute atomic E-state index is 13.3. The van der Waals surface area contributed by atoms with Crippen LogP contribution in [0.2, 0.25) is 0 Å². The minimum absolute atomic E-state index is 0.0299. The van der Waals surface area contributed by atoms with Gasteiger partial charge in [0.2, 0.25) is 11.8 Å². The van der Waals surface area contributed by atoms with Gasteiger partial charge in [-0.2, -0.15) is 15.1 Å². The second-order valence-electron chi connectivity index (χ2n) is 7.89. The lowest BCUT2D eigenvalue weighted by Gasteiger charge is -2.23. The summed E-state index contributed by atoms with van der Waals surface area (Å²) in [5.74, 6) is -1.53. The molecule has 0 radical (unpaired) electrons. The first-order chi connectivity index (χ1) is 16.7. The zero-order valence-electron chi connectivity index (χ0n) is 18.9. The first-order valence-corrected chi connectivity index (χ1v) is 12.1. The molecule has 0 spiro atoms. The fourth-order valence-electron chi connectivity index (χ4n) is 3.58. The van der Waals surface area contributed by atoms with Crippen molar-refractivity contribution in [1.29, 1.82) is 0 Å². The van der Waals surface area contributed by atoms with Crippen LogP contribution in [-0.4, -0.2) is 50.4 Å². The quantitative estimate of drug-likeness (QED) is 0.274. The molecule has 4 atom stereocenters. The minimum Gasteiger partial charge on any atom is -0.480 e. The van der Waals surface area contributed by atoms with Gasteiger partial charge in [0.05, 0.1) is 26.1 Å². The largest absolute Gasteiger partial charge is 0.480 e. The number of nitrogens with two attached hydrogens (primary N) is 1. The smallest absolute Gasteiger partial charge is 0.459 e. The van der Waals surface area contributed by atoms with Crippen LogP contribution in [0.15, 0.2) is 42.7 Å². The molecule has 1 aromatic carbocycles. The minimum atomic E-state index is -4.12. The number of hydrogen-bond donors (Lipinski definition) is 3. The van der Waals surface area contributed by atoms with E-state index in [1.165, 1.54) is 26.2 Å². The van der Waals surface area contributed by atoms with Gasteiger partial charge in [0.15, 0.2) is 11.2 Å². The van der Waals surface area contributed by atoms with Gasteiger partial charge in [0.1, 0.15) is 17.6 Å². The Bertz CT molecular complexity index is 1300. The Morgan fingerprint density at radius 3 is 2.77 bits per heavy atom. The number of carboxylic acid groups (broad SMARTS) is 1. The van der Waals surface area contributed by atoms with Gasteiger partial charge in [-0.05, 0) is 37.6 Å². The highest BCUT2D eigenvalue weighted by Gasteiger charge is 2.33. The van der Waals surface area contributed by atoms with Gasteiger partial charge in [-0.15, -0.1) is 0 Å². The zero-order valence-corrected chi connectivity index (χ0v) is 19.8. The van der Waals surface area contributed by atoms with Crippen molar-refractivity contribution in [2.45, 2.75) is 25.4 Å². The number of hydrogen-bond acceptors (Lipinski definition) is 9. The van der Waals surface area contributed by atoms with Crippen molar-refractivity contribution in [3.63, 3.8) is 0 Å². The third kappa shape index (κ3) is 5.59. The number of nitrogen functional groups attached to an aromatic ring is 1. The maximum atomic E-state index is 13.3. The van der Waals surface area contributed by atoms with Crippen molar-refractivity contribution >= 4 is 30.8 Å². The topological polar surface area (TPSA) is 164 Å². The van der Waals surface area contributed by atoms with Crippen LogP contribution in [0, 0.1) is 11.7 Å². The number of nitrogens with one attached hydrogen (secondary N) is 1. The van der Waals surface area contributed by atoms with Crippen molar-refractivity contribution in [3.05, 3.63) is 48.6 Å². The molecule has 0 fully saturated rings. The van der Waals surface area contributed by atoms with E-state index in [9.17, 15) is 18.9 Å². The molecule has 0 saturated heterocycles. The highest BCUT2D eigenvalue weighted by Crippen LogP contribution is 2.46. The molecule has 2 aromatic heterocycles. The van der Waals surface area contributed by atoms with E-state index in [2.05, 4.69) is 20.0 Å². The van der Waals surface area contributed by atoms with Crippen LogP contribution in [0.5, 0.6) is 11.6 Å². The SMILES string of the molecule is COc1nc(N)nc2c1ncn2[C@H]1C=C[C@@H](COP(=O)(NC(C)C(=O)O)Oc2ccc(F)cc2)C1. The predicted octanol–water partition coefficient (Wildman–Crippen LogP) is 2.94. The number of benzene rings is 1. The van der Waals surface area contributed by atoms with Gasteiger partial charge < -0.3 is 24.7 Å². The lowest BCUT2D eigenvalue weighted by Crippen LogP contribution is -2.33. The number of nitrogens with zero attached hydrogens (tertiary/aromatic N) is 4. The molecule has 0 aliphatic heterocycles. The Hall–Kier alpha value is -3.54. The highest BCUT2D eigenvalue weighted by atomic mass is 31.2. The van der Waals surface area contributed by atoms with E-state index in [0.29, 0.717) is 17.6 Å². The first-order valence-electron chi connectivity index (χ1n) is 10.6. The molecule has 0 saturated carbocycles. The van der Waals surface area contributed by atoms with E-state index in [4.69, 9.17) is 19.5 Å². The number of fused-ring (bicyclic) bond motifs is 1. The number of rotatable bonds is 10.